The van der Waals surface area contributed by atoms with Crippen LogP contribution in [0, 0.1) is 6.92 Å². The standard InChI is InChI=1S/C18H21NO10S2/c1-8-5-14(21)28-12-6-10(3-4-11(8)12)30-18-15(19-9(2)20)17(23)16(22)13(29-18)7-27-31(24,25)26/h3-6,13,15-18,22-23H,7H2,1-2H3,(H,19,20)(H,24,25,26)/p-1/t13?,15-,16?,17?,18?/m0/s1. The first-order chi connectivity index (χ1) is 14.4. The van der Waals surface area contributed by atoms with Crippen molar-refractivity contribution in [3.8, 4) is 0 Å². The van der Waals surface area contributed by atoms with Crippen molar-refractivity contribution in [1.82, 2.24) is 5.32 Å². The molecule has 1 aromatic carbocycles. The fourth-order valence-electron chi connectivity index (χ4n) is 3.22. The zero-order valence-electron chi connectivity index (χ0n) is 16.4. The van der Waals surface area contributed by atoms with E-state index in [1.807, 2.05) is 0 Å². The molecule has 1 saturated heterocycles. The summed E-state index contributed by atoms with van der Waals surface area (Å²) < 4.78 is 47.3. The molecule has 170 valence electrons. The summed E-state index contributed by atoms with van der Waals surface area (Å²) >= 11 is 1.03. The van der Waals surface area contributed by atoms with Gasteiger partial charge < -0.3 is 29.2 Å². The molecule has 11 nitrogen and oxygen atoms in total. The number of amides is 1. The number of nitrogens with one attached hydrogen (secondary N) is 1. The van der Waals surface area contributed by atoms with Gasteiger partial charge in [-0.25, -0.2) is 13.2 Å². The molecule has 31 heavy (non-hydrogen) atoms. The molecule has 1 aliphatic heterocycles. The Hall–Kier alpha value is -2.00. The third-order valence-corrected chi connectivity index (χ3v) is 6.21. The Morgan fingerprint density at radius 1 is 1.29 bits per heavy atom. The van der Waals surface area contributed by atoms with Crippen LogP contribution in [0.1, 0.15) is 12.5 Å². The lowest BCUT2D eigenvalue weighted by Crippen LogP contribution is -2.63. The molecule has 4 unspecified atom stereocenters. The second kappa shape index (κ2) is 9.24. The van der Waals surface area contributed by atoms with Crippen molar-refractivity contribution >= 4 is 39.0 Å². The van der Waals surface area contributed by atoms with E-state index in [1.165, 1.54) is 13.0 Å². The number of hydrogen-bond donors (Lipinski definition) is 3. The summed E-state index contributed by atoms with van der Waals surface area (Å²) in [6.07, 6.45) is -4.53. The smallest absolute Gasteiger partial charge is 0.336 e. The number of hydrogen-bond acceptors (Lipinski definition) is 11. The minimum absolute atomic E-state index is 0.319. The molecular weight excluding hydrogens is 454 g/mol. The van der Waals surface area contributed by atoms with Gasteiger partial charge in [-0.05, 0) is 30.7 Å². The van der Waals surface area contributed by atoms with E-state index in [0.29, 0.717) is 15.9 Å². The second-order valence-electron chi connectivity index (χ2n) is 6.97. The highest BCUT2D eigenvalue weighted by molar-refractivity contribution is 7.99. The normalized spacial score (nSPS) is 26.7. The van der Waals surface area contributed by atoms with E-state index in [-0.39, 0.29) is 0 Å². The predicted molar refractivity (Wildman–Crippen MR) is 107 cm³/mol. The Labute approximate surface area is 181 Å². The van der Waals surface area contributed by atoms with Crippen molar-refractivity contribution in [2.75, 3.05) is 6.61 Å². The molecule has 0 bridgehead atoms. The number of benzene rings is 1. The molecule has 5 atom stereocenters. The van der Waals surface area contributed by atoms with Crippen LogP contribution in [-0.2, 0) is 24.1 Å². The van der Waals surface area contributed by atoms with Crippen LogP contribution in [0.3, 0.4) is 0 Å². The predicted octanol–water partition coefficient (Wildman–Crippen LogP) is -0.378. The van der Waals surface area contributed by atoms with Gasteiger partial charge in [-0.1, -0.05) is 11.8 Å². The van der Waals surface area contributed by atoms with Gasteiger partial charge in [-0.3, -0.25) is 8.98 Å². The molecule has 0 spiro atoms. The van der Waals surface area contributed by atoms with E-state index >= 15 is 0 Å². The zero-order chi connectivity index (χ0) is 22.9. The average Bonchev–Trinajstić information content (AvgIpc) is 2.65. The Balaban J connectivity index is 1.89. The van der Waals surface area contributed by atoms with E-state index in [2.05, 4.69) is 9.50 Å². The van der Waals surface area contributed by atoms with Crippen LogP contribution in [0.4, 0.5) is 0 Å². The Morgan fingerprint density at radius 3 is 2.65 bits per heavy atom. The highest BCUT2D eigenvalue weighted by atomic mass is 32.3. The summed E-state index contributed by atoms with van der Waals surface area (Å²) in [6.45, 7) is 2.16. The topological polar surface area (TPSA) is 175 Å². The van der Waals surface area contributed by atoms with Gasteiger partial charge in [0.05, 0.1) is 12.6 Å². The summed E-state index contributed by atoms with van der Waals surface area (Å²) in [7, 11) is -5.05. The van der Waals surface area contributed by atoms with Crippen molar-refractivity contribution in [2.45, 2.75) is 48.5 Å². The van der Waals surface area contributed by atoms with Crippen LogP contribution in [-0.4, -0.2) is 65.5 Å². The van der Waals surface area contributed by atoms with E-state index < -0.39 is 58.3 Å². The lowest BCUT2D eigenvalue weighted by Gasteiger charge is -2.42. The molecule has 1 aliphatic rings. The van der Waals surface area contributed by atoms with Crippen LogP contribution in [0.25, 0.3) is 11.0 Å². The second-order valence-corrected chi connectivity index (χ2v) is 9.19. The summed E-state index contributed by atoms with van der Waals surface area (Å²) in [5.74, 6) is -0.498. The lowest BCUT2D eigenvalue weighted by atomic mass is 9.98. The minimum atomic E-state index is -5.05. The maximum Gasteiger partial charge on any atom is 0.336 e. The van der Waals surface area contributed by atoms with Crippen molar-refractivity contribution in [3.05, 3.63) is 40.2 Å². The summed E-state index contributed by atoms with van der Waals surface area (Å²) in [5, 5.41) is 23.9. The van der Waals surface area contributed by atoms with Crippen LogP contribution in [0.2, 0.25) is 0 Å². The van der Waals surface area contributed by atoms with Crippen LogP contribution >= 0.6 is 11.8 Å². The van der Waals surface area contributed by atoms with E-state index in [0.717, 1.165) is 17.3 Å². The van der Waals surface area contributed by atoms with Gasteiger partial charge in [-0.15, -0.1) is 0 Å². The highest BCUT2D eigenvalue weighted by Crippen LogP contribution is 2.35. The molecule has 2 heterocycles. The Morgan fingerprint density at radius 2 is 2.00 bits per heavy atom. The molecule has 0 radical (unpaired) electrons. The van der Waals surface area contributed by atoms with Gasteiger partial charge in [0.1, 0.15) is 29.3 Å². The Kier molecular flexibility index (Phi) is 7.05. The quantitative estimate of drug-likeness (QED) is 0.283. The molecule has 1 fully saturated rings. The van der Waals surface area contributed by atoms with Crippen LogP contribution in [0.5, 0.6) is 0 Å². The molecule has 13 heteroatoms. The molecule has 3 rings (SSSR count). The number of ether oxygens (including phenoxy) is 1. The first-order valence-electron chi connectivity index (χ1n) is 9.05. The fraction of sp³-hybridized carbons (Fsp3) is 0.444. The van der Waals surface area contributed by atoms with Gasteiger partial charge >= 0.3 is 5.63 Å². The van der Waals surface area contributed by atoms with Gasteiger partial charge in [0.2, 0.25) is 16.3 Å². The molecule has 0 aliphatic carbocycles. The van der Waals surface area contributed by atoms with Crippen molar-refractivity contribution in [2.24, 2.45) is 0 Å². The third kappa shape index (κ3) is 5.83. The minimum Gasteiger partial charge on any atom is -0.726 e. The highest BCUT2D eigenvalue weighted by Gasteiger charge is 2.45. The van der Waals surface area contributed by atoms with Gasteiger partial charge in [-0.2, -0.15) is 0 Å². The molecule has 3 N–H and O–H groups in total. The fourth-order valence-corrected chi connectivity index (χ4v) is 4.69. The number of rotatable bonds is 6. The van der Waals surface area contributed by atoms with Crippen molar-refractivity contribution in [3.63, 3.8) is 0 Å². The monoisotopic (exact) mass is 474 g/mol. The zero-order valence-corrected chi connectivity index (χ0v) is 18.0. The summed E-state index contributed by atoms with van der Waals surface area (Å²) in [5.41, 5.74) is -0.478. The average molecular weight is 474 g/mol. The SMILES string of the molecule is CC(=O)N[C@@H]1C(Sc2ccc3c(C)cc(=O)oc3c2)OC(COS(=O)(=O)[O-])C(O)C1O. The first kappa shape index (κ1) is 23.7. The largest absolute Gasteiger partial charge is 0.726 e. The lowest BCUT2D eigenvalue weighted by molar-refractivity contribution is -0.171. The number of aryl methyl sites for hydroxylation is 1. The Bertz CT molecular complexity index is 1130. The maximum atomic E-state index is 11.7. The van der Waals surface area contributed by atoms with Crippen molar-refractivity contribution in [1.29, 1.82) is 0 Å². The molecule has 0 saturated carbocycles. The third-order valence-electron chi connectivity index (χ3n) is 4.62. The number of fused-ring (bicyclic) bond motifs is 1. The summed E-state index contributed by atoms with van der Waals surface area (Å²) in [6, 6.07) is 5.30. The van der Waals surface area contributed by atoms with Crippen molar-refractivity contribution < 1.29 is 41.3 Å². The van der Waals surface area contributed by atoms with Gasteiger partial charge in [0.15, 0.2) is 0 Å². The van der Waals surface area contributed by atoms with Gasteiger partial charge in [0.25, 0.3) is 0 Å². The van der Waals surface area contributed by atoms with E-state index in [1.54, 1.807) is 25.1 Å². The number of aliphatic hydroxyl groups excluding tert-OH is 2. The van der Waals surface area contributed by atoms with E-state index in [9.17, 15) is 32.8 Å². The molecule has 1 aromatic heterocycles. The van der Waals surface area contributed by atoms with Crippen LogP contribution < -0.4 is 10.9 Å². The van der Waals surface area contributed by atoms with E-state index in [4.69, 9.17) is 9.15 Å². The van der Waals surface area contributed by atoms with Crippen LogP contribution in [0.15, 0.2) is 38.4 Å². The molecule has 1 amide bonds. The summed E-state index contributed by atoms with van der Waals surface area (Å²) in [4.78, 5) is 23.8. The maximum absolute atomic E-state index is 11.7. The van der Waals surface area contributed by atoms with Gasteiger partial charge in [0, 0.05) is 23.3 Å². The number of aliphatic hydroxyl groups is 2. The first-order valence-corrected chi connectivity index (χ1v) is 11.3. The molecular formula is C18H20NO10S2-. The number of carbonyl (C=O) groups excluding carboxylic acids is 1. The number of thioether (sulfide) groups is 1. The number of carbonyl (C=O) groups is 1. The molecule has 2 aromatic rings.